The van der Waals surface area contributed by atoms with Gasteiger partial charge < -0.3 is 11.5 Å². The molecule has 1 aromatic carbocycles. The molecule has 2 aromatic rings. The summed E-state index contributed by atoms with van der Waals surface area (Å²) in [6.45, 7) is 0. The first kappa shape index (κ1) is 14.4. The Bertz CT molecular complexity index is 581. The van der Waals surface area contributed by atoms with Crippen molar-refractivity contribution in [1.82, 2.24) is 4.98 Å². The molecule has 1 atom stereocenters. The molecule has 0 spiro atoms. The van der Waals surface area contributed by atoms with Crippen molar-refractivity contribution >= 4 is 40.6 Å². The Morgan fingerprint density at radius 3 is 2.42 bits per heavy atom. The lowest BCUT2D eigenvalue weighted by Gasteiger charge is -2.16. The zero-order valence-electron chi connectivity index (χ0n) is 9.91. The number of hydrogen-bond acceptors (Lipinski definition) is 3. The van der Waals surface area contributed by atoms with Crippen molar-refractivity contribution in [3.63, 3.8) is 0 Å². The molecule has 0 bridgehead atoms. The van der Waals surface area contributed by atoms with E-state index in [0.717, 1.165) is 5.56 Å². The maximum absolute atomic E-state index is 6.14. The van der Waals surface area contributed by atoms with Crippen molar-refractivity contribution in [2.75, 3.05) is 5.73 Å². The zero-order chi connectivity index (χ0) is 14.0. The van der Waals surface area contributed by atoms with E-state index < -0.39 is 0 Å². The molecule has 6 heteroatoms. The van der Waals surface area contributed by atoms with Gasteiger partial charge in [0.1, 0.15) is 5.82 Å². The Morgan fingerprint density at radius 1 is 1.16 bits per heavy atom. The molecular weight excluding hydrogens is 305 g/mol. The zero-order valence-corrected chi connectivity index (χ0v) is 12.2. The van der Waals surface area contributed by atoms with Gasteiger partial charge in [-0.3, -0.25) is 0 Å². The van der Waals surface area contributed by atoms with E-state index in [1.807, 2.05) is 0 Å². The lowest BCUT2D eigenvalue weighted by atomic mass is 10.00. The first-order chi connectivity index (χ1) is 8.99. The normalized spacial score (nSPS) is 12.4. The second-order valence-corrected chi connectivity index (χ2v) is 5.39. The van der Waals surface area contributed by atoms with Crippen LogP contribution < -0.4 is 11.5 Å². The third-order valence-corrected chi connectivity index (χ3v) is 3.72. The van der Waals surface area contributed by atoms with Crippen LogP contribution in [0, 0.1) is 0 Å². The van der Waals surface area contributed by atoms with E-state index in [2.05, 4.69) is 4.98 Å². The summed E-state index contributed by atoms with van der Waals surface area (Å²) >= 11 is 18.1. The second-order valence-electron chi connectivity index (χ2n) is 4.14. The van der Waals surface area contributed by atoms with Crippen LogP contribution in [0.5, 0.6) is 0 Å². The summed E-state index contributed by atoms with van der Waals surface area (Å²) in [5.74, 6) is 0.361. The minimum absolute atomic E-state index is 0.361. The molecule has 1 heterocycles. The molecule has 3 nitrogen and oxygen atoms in total. The summed E-state index contributed by atoms with van der Waals surface area (Å²) in [7, 11) is 0. The van der Waals surface area contributed by atoms with Crippen molar-refractivity contribution < 1.29 is 0 Å². The Balaban J connectivity index is 2.31. The van der Waals surface area contributed by atoms with Gasteiger partial charge in [-0.25, -0.2) is 4.98 Å². The molecule has 0 saturated carbocycles. The number of hydrogen-bond donors (Lipinski definition) is 2. The van der Waals surface area contributed by atoms with Crippen molar-refractivity contribution in [3.8, 4) is 0 Å². The molecule has 0 aliphatic heterocycles. The van der Waals surface area contributed by atoms with Gasteiger partial charge in [0.05, 0.1) is 5.02 Å². The molecule has 100 valence electrons. The maximum atomic E-state index is 6.14. The van der Waals surface area contributed by atoms with Gasteiger partial charge in [0.2, 0.25) is 0 Å². The highest BCUT2D eigenvalue weighted by molar-refractivity contribution is 6.36. The first-order valence-corrected chi connectivity index (χ1v) is 6.72. The van der Waals surface area contributed by atoms with Gasteiger partial charge in [-0.15, -0.1) is 0 Å². The number of nitrogen functional groups attached to an aromatic ring is 1. The quantitative estimate of drug-likeness (QED) is 0.903. The summed E-state index contributed by atoms with van der Waals surface area (Å²) in [5, 5.41) is 1.65. The molecule has 1 unspecified atom stereocenters. The standard InChI is InChI=1S/C13H12Cl3N3/c14-7-4-9(13(18)19-6-7)12(17)5-8-10(15)2-1-3-11(8)16/h1-4,6,12H,5,17H2,(H2,18,19). The van der Waals surface area contributed by atoms with E-state index in [1.54, 1.807) is 24.3 Å². The molecule has 0 aliphatic rings. The van der Waals surface area contributed by atoms with Crippen LogP contribution in [0.4, 0.5) is 5.82 Å². The molecule has 4 N–H and O–H groups in total. The van der Waals surface area contributed by atoms with E-state index in [0.29, 0.717) is 32.9 Å². The lowest BCUT2D eigenvalue weighted by molar-refractivity contribution is 0.721. The average molecular weight is 317 g/mol. The number of nitrogens with zero attached hydrogens (tertiary/aromatic N) is 1. The van der Waals surface area contributed by atoms with Crippen LogP contribution in [0.15, 0.2) is 30.5 Å². The first-order valence-electron chi connectivity index (χ1n) is 5.58. The summed E-state index contributed by atoms with van der Waals surface area (Å²) in [6.07, 6.45) is 1.94. The summed E-state index contributed by atoms with van der Waals surface area (Å²) in [6, 6.07) is 6.67. The molecule has 0 amide bonds. The highest BCUT2D eigenvalue weighted by Gasteiger charge is 2.15. The van der Waals surface area contributed by atoms with Gasteiger partial charge in [0.15, 0.2) is 0 Å². The van der Waals surface area contributed by atoms with Gasteiger partial charge in [-0.1, -0.05) is 40.9 Å². The van der Waals surface area contributed by atoms with Crippen molar-refractivity contribution in [3.05, 3.63) is 56.7 Å². The number of pyridine rings is 1. The van der Waals surface area contributed by atoms with E-state index in [9.17, 15) is 0 Å². The van der Waals surface area contributed by atoms with Gasteiger partial charge in [-0.2, -0.15) is 0 Å². The number of nitrogens with two attached hydrogens (primary N) is 2. The highest BCUT2D eigenvalue weighted by atomic mass is 35.5. The largest absolute Gasteiger partial charge is 0.383 e. The second kappa shape index (κ2) is 5.97. The van der Waals surface area contributed by atoms with Gasteiger partial charge in [0, 0.05) is 27.8 Å². The smallest absolute Gasteiger partial charge is 0.128 e. The van der Waals surface area contributed by atoms with Crippen LogP contribution in [0.25, 0.3) is 0 Å². The molecule has 0 fully saturated rings. The fourth-order valence-electron chi connectivity index (χ4n) is 1.82. The fraction of sp³-hybridized carbons (Fsp3) is 0.154. The van der Waals surface area contributed by atoms with Gasteiger partial charge in [-0.05, 0) is 30.2 Å². The van der Waals surface area contributed by atoms with Crippen LogP contribution in [0.1, 0.15) is 17.2 Å². The predicted octanol–water partition coefficient (Wildman–Crippen LogP) is 3.87. The maximum Gasteiger partial charge on any atom is 0.128 e. The Kier molecular flexibility index (Phi) is 4.53. The monoisotopic (exact) mass is 315 g/mol. The van der Waals surface area contributed by atoms with E-state index >= 15 is 0 Å². The number of rotatable bonds is 3. The molecule has 0 saturated heterocycles. The third kappa shape index (κ3) is 3.31. The predicted molar refractivity (Wildman–Crippen MR) is 80.8 cm³/mol. The van der Waals surface area contributed by atoms with Crippen LogP contribution >= 0.6 is 34.8 Å². The van der Waals surface area contributed by atoms with Gasteiger partial charge in [0.25, 0.3) is 0 Å². The minimum Gasteiger partial charge on any atom is -0.383 e. The third-order valence-electron chi connectivity index (χ3n) is 2.80. The molecular formula is C13H12Cl3N3. The molecule has 1 aromatic heterocycles. The molecule has 2 rings (SSSR count). The summed E-state index contributed by atoms with van der Waals surface area (Å²) in [5.41, 5.74) is 13.4. The van der Waals surface area contributed by atoms with Crippen molar-refractivity contribution in [1.29, 1.82) is 0 Å². The van der Waals surface area contributed by atoms with Crippen LogP contribution in [0.3, 0.4) is 0 Å². The fourth-order valence-corrected chi connectivity index (χ4v) is 2.54. The molecule has 0 aliphatic carbocycles. The van der Waals surface area contributed by atoms with E-state index in [4.69, 9.17) is 46.3 Å². The van der Waals surface area contributed by atoms with Crippen LogP contribution in [0.2, 0.25) is 15.1 Å². The van der Waals surface area contributed by atoms with E-state index in [1.165, 1.54) is 6.20 Å². The minimum atomic E-state index is -0.372. The SMILES string of the molecule is Nc1ncc(Cl)cc1C(N)Cc1c(Cl)cccc1Cl. The van der Waals surface area contributed by atoms with Crippen molar-refractivity contribution in [2.24, 2.45) is 5.73 Å². The Hall–Kier alpha value is -1.00. The molecule has 19 heavy (non-hydrogen) atoms. The molecule has 0 radical (unpaired) electrons. The van der Waals surface area contributed by atoms with Gasteiger partial charge >= 0.3 is 0 Å². The lowest BCUT2D eigenvalue weighted by Crippen LogP contribution is -2.16. The Morgan fingerprint density at radius 2 is 1.79 bits per heavy atom. The summed E-state index contributed by atoms with van der Waals surface area (Å²) < 4.78 is 0. The average Bonchev–Trinajstić information content (AvgIpc) is 2.37. The highest BCUT2D eigenvalue weighted by Crippen LogP contribution is 2.30. The topological polar surface area (TPSA) is 64.9 Å². The number of anilines is 1. The van der Waals surface area contributed by atoms with Crippen LogP contribution in [-0.4, -0.2) is 4.98 Å². The number of benzene rings is 1. The number of halogens is 3. The summed E-state index contributed by atoms with van der Waals surface area (Å²) in [4.78, 5) is 3.99. The van der Waals surface area contributed by atoms with Crippen LogP contribution in [-0.2, 0) is 6.42 Å². The van der Waals surface area contributed by atoms with Crippen molar-refractivity contribution in [2.45, 2.75) is 12.5 Å². The Labute approximate surface area is 126 Å². The van der Waals surface area contributed by atoms with E-state index in [-0.39, 0.29) is 6.04 Å². The number of aromatic nitrogens is 1.